The molecule has 3 nitrogen and oxygen atoms in total. The van der Waals surface area contributed by atoms with Crippen molar-refractivity contribution in [3.05, 3.63) is 80.4 Å². The maximum absolute atomic E-state index is 12.9. The van der Waals surface area contributed by atoms with Gasteiger partial charge in [0.1, 0.15) is 0 Å². The number of pyridine rings is 1. The van der Waals surface area contributed by atoms with Gasteiger partial charge in [-0.05, 0) is 36.1 Å². The molecule has 2 aromatic carbocycles. The van der Waals surface area contributed by atoms with Crippen molar-refractivity contribution >= 4 is 28.8 Å². The molecule has 2 aliphatic carbocycles. The van der Waals surface area contributed by atoms with Gasteiger partial charge in [-0.15, -0.1) is 0 Å². The minimum atomic E-state index is -0.191. The number of carbonyl (C=O) groups is 1. The van der Waals surface area contributed by atoms with Crippen molar-refractivity contribution in [3.8, 4) is 0 Å². The number of nitrogens with one attached hydrogen (secondary N) is 1. The predicted octanol–water partition coefficient (Wildman–Crippen LogP) is 2.80. The van der Waals surface area contributed by atoms with Gasteiger partial charge in [0.2, 0.25) is 0 Å². The number of rotatable bonds is 0. The highest BCUT2D eigenvalue weighted by molar-refractivity contribution is 6.04. The van der Waals surface area contributed by atoms with E-state index >= 15 is 0 Å². The molecular weight excluding hydrogens is 322 g/mol. The van der Waals surface area contributed by atoms with Gasteiger partial charge < -0.3 is 4.98 Å². The van der Waals surface area contributed by atoms with Crippen LogP contribution in [0.1, 0.15) is 29.8 Å². The number of fused-ring (bicyclic) bond motifs is 4. The molecule has 0 saturated heterocycles. The quantitative estimate of drug-likeness (QED) is 0.682. The summed E-state index contributed by atoms with van der Waals surface area (Å²) < 4.78 is 0. The fourth-order valence-electron chi connectivity index (χ4n) is 4.02. The summed E-state index contributed by atoms with van der Waals surface area (Å²) in [5.74, 6) is 0.0177. The van der Waals surface area contributed by atoms with Gasteiger partial charge in [-0.1, -0.05) is 56.3 Å². The molecule has 130 valence electrons. The van der Waals surface area contributed by atoms with Crippen LogP contribution in [0.25, 0.3) is 23.1 Å². The van der Waals surface area contributed by atoms with Crippen LogP contribution in [0.3, 0.4) is 0 Å². The highest BCUT2D eigenvalue weighted by Crippen LogP contribution is 2.32. The number of carbonyl (C=O) groups excluding carboxylic acids is 1. The van der Waals surface area contributed by atoms with E-state index in [0.717, 1.165) is 28.4 Å². The first kappa shape index (κ1) is 16.5. The van der Waals surface area contributed by atoms with Gasteiger partial charge >= 0.3 is 0 Å². The van der Waals surface area contributed by atoms with Crippen LogP contribution >= 0.6 is 0 Å². The third-order valence-corrected chi connectivity index (χ3v) is 5.21. The van der Waals surface area contributed by atoms with Crippen LogP contribution in [-0.4, -0.2) is 10.8 Å². The van der Waals surface area contributed by atoms with Crippen molar-refractivity contribution < 1.29 is 4.79 Å². The van der Waals surface area contributed by atoms with Crippen LogP contribution in [0.15, 0.2) is 53.3 Å². The Morgan fingerprint density at radius 3 is 2.50 bits per heavy atom. The van der Waals surface area contributed by atoms with E-state index in [4.69, 9.17) is 0 Å². The average molecular weight is 343 g/mol. The summed E-state index contributed by atoms with van der Waals surface area (Å²) in [7, 11) is 0. The number of Topliss-reactive ketones (excluding diaryl/α,β-unsaturated/α-hetero) is 1. The van der Waals surface area contributed by atoms with Crippen molar-refractivity contribution in [2.45, 2.75) is 20.3 Å². The van der Waals surface area contributed by atoms with Gasteiger partial charge in [0.25, 0.3) is 0 Å². The van der Waals surface area contributed by atoms with Crippen LogP contribution in [-0.2, 0) is 6.42 Å². The topological polar surface area (TPSA) is 49.9 Å². The maximum atomic E-state index is 12.9. The SMILES string of the molecule is CC.O=C1c2ccccc2CC2C=c3c([nH]c4ccccc4c3=O)=CC12. The third-order valence-electron chi connectivity index (χ3n) is 5.21. The van der Waals surface area contributed by atoms with E-state index in [1.54, 1.807) is 0 Å². The van der Waals surface area contributed by atoms with Crippen molar-refractivity contribution in [1.29, 1.82) is 0 Å². The zero-order chi connectivity index (χ0) is 18.3. The molecule has 1 heterocycles. The van der Waals surface area contributed by atoms with Gasteiger partial charge in [0.05, 0.1) is 0 Å². The third kappa shape index (κ3) is 2.43. The van der Waals surface area contributed by atoms with Gasteiger partial charge in [0, 0.05) is 33.0 Å². The van der Waals surface area contributed by atoms with Gasteiger partial charge in [-0.25, -0.2) is 0 Å². The molecule has 0 spiro atoms. The lowest BCUT2D eigenvalue weighted by Crippen LogP contribution is -2.47. The standard InChI is InChI=1S/C21H15NO2.C2H6/c23-20-14-6-2-1-5-12(14)9-13-10-17-19(11-16(13)20)22-18-8-4-3-7-15(18)21(17)24;1-2/h1-8,10-11,13,16,22H,9H2;1-2H3. The van der Waals surface area contributed by atoms with E-state index in [1.165, 1.54) is 0 Å². The van der Waals surface area contributed by atoms with Crippen molar-refractivity contribution in [2.75, 3.05) is 0 Å². The maximum Gasteiger partial charge on any atom is 0.196 e. The van der Waals surface area contributed by atoms with E-state index in [-0.39, 0.29) is 23.0 Å². The number of para-hydroxylation sites is 1. The Morgan fingerprint density at radius 2 is 1.65 bits per heavy atom. The summed E-state index contributed by atoms with van der Waals surface area (Å²) in [6.45, 7) is 4.00. The number of hydrogen-bond donors (Lipinski definition) is 1. The van der Waals surface area contributed by atoms with Crippen molar-refractivity contribution in [1.82, 2.24) is 4.98 Å². The second-order valence-electron chi connectivity index (χ2n) is 6.58. The molecule has 2 atom stereocenters. The van der Waals surface area contributed by atoms with Crippen LogP contribution in [0.2, 0.25) is 0 Å². The molecule has 5 rings (SSSR count). The zero-order valence-electron chi connectivity index (χ0n) is 15.0. The molecule has 0 aliphatic heterocycles. The van der Waals surface area contributed by atoms with Crippen LogP contribution in [0.4, 0.5) is 0 Å². The molecule has 1 aromatic heterocycles. The Bertz CT molecular complexity index is 1190. The first-order chi connectivity index (χ1) is 12.7. The van der Waals surface area contributed by atoms with Crippen molar-refractivity contribution in [2.24, 2.45) is 11.8 Å². The number of aromatic nitrogens is 1. The predicted molar refractivity (Wildman–Crippen MR) is 106 cm³/mol. The second kappa shape index (κ2) is 6.41. The summed E-state index contributed by atoms with van der Waals surface area (Å²) in [6.07, 6.45) is 4.75. The largest absolute Gasteiger partial charge is 0.355 e. The van der Waals surface area contributed by atoms with Gasteiger partial charge in [0.15, 0.2) is 11.2 Å². The molecule has 3 heteroatoms. The Balaban J connectivity index is 0.000000814. The van der Waals surface area contributed by atoms with E-state index in [1.807, 2.05) is 74.5 Å². The van der Waals surface area contributed by atoms with E-state index in [0.29, 0.717) is 10.6 Å². The molecule has 0 amide bonds. The molecular formula is C23H21NO2. The van der Waals surface area contributed by atoms with Crippen LogP contribution in [0, 0.1) is 11.8 Å². The molecule has 0 bridgehead atoms. The first-order valence-corrected chi connectivity index (χ1v) is 9.19. The highest BCUT2D eigenvalue weighted by atomic mass is 16.1. The number of H-pyrrole nitrogens is 1. The fourth-order valence-corrected chi connectivity index (χ4v) is 4.02. The number of aromatic amines is 1. The van der Waals surface area contributed by atoms with Gasteiger partial charge in [-0.2, -0.15) is 0 Å². The first-order valence-electron chi connectivity index (χ1n) is 9.19. The van der Waals surface area contributed by atoms with Gasteiger partial charge in [-0.3, -0.25) is 9.59 Å². The monoisotopic (exact) mass is 343 g/mol. The van der Waals surface area contributed by atoms with Crippen LogP contribution in [0.5, 0.6) is 0 Å². The summed E-state index contributed by atoms with van der Waals surface area (Å²) >= 11 is 0. The summed E-state index contributed by atoms with van der Waals surface area (Å²) in [6, 6.07) is 15.3. The van der Waals surface area contributed by atoms with E-state index < -0.39 is 0 Å². The molecule has 2 unspecified atom stereocenters. The fraction of sp³-hybridized carbons (Fsp3) is 0.217. The van der Waals surface area contributed by atoms with E-state index in [2.05, 4.69) is 4.98 Å². The normalized spacial score (nSPS) is 19.8. The lowest BCUT2D eigenvalue weighted by atomic mass is 9.73. The molecule has 0 saturated carbocycles. The summed E-state index contributed by atoms with van der Waals surface area (Å²) in [4.78, 5) is 29.0. The Morgan fingerprint density at radius 1 is 0.923 bits per heavy atom. The molecule has 0 fully saturated rings. The Kier molecular flexibility index (Phi) is 4.08. The average Bonchev–Trinajstić information content (AvgIpc) is 2.69. The Labute approximate surface area is 151 Å². The molecule has 1 N–H and O–H groups in total. The lowest BCUT2D eigenvalue weighted by Gasteiger charge is -2.29. The Hall–Kier alpha value is -2.94. The summed E-state index contributed by atoms with van der Waals surface area (Å²) in [5.41, 5.74) is 2.75. The highest BCUT2D eigenvalue weighted by Gasteiger charge is 2.34. The van der Waals surface area contributed by atoms with E-state index in [9.17, 15) is 9.59 Å². The number of benzene rings is 2. The molecule has 26 heavy (non-hydrogen) atoms. The molecule has 0 radical (unpaired) electrons. The minimum Gasteiger partial charge on any atom is -0.355 e. The molecule has 2 aliphatic rings. The number of ketones is 1. The lowest BCUT2D eigenvalue weighted by molar-refractivity contribution is 0.0921. The smallest absolute Gasteiger partial charge is 0.196 e. The second-order valence-corrected chi connectivity index (χ2v) is 6.58. The minimum absolute atomic E-state index is 0.0420. The van der Waals surface area contributed by atoms with Crippen molar-refractivity contribution in [3.63, 3.8) is 0 Å². The number of hydrogen-bond acceptors (Lipinski definition) is 2. The zero-order valence-corrected chi connectivity index (χ0v) is 15.0. The van der Waals surface area contributed by atoms with Crippen LogP contribution < -0.4 is 16.0 Å². The molecule has 3 aromatic rings. The summed E-state index contributed by atoms with van der Waals surface area (Å²) in [5, 5.41) is 2.16.